The highest BCUT2D eigenvalue weighted by molar-refractivity contribution is 5.91. The zero-order valence-electron chi connectivity index (χ0n) is 26.3. The number of aromatic nitrogens is 2. The van der Waals surface area contributed by atoms with Crippen LogP contribution >= 0.6 is 0 Å². The zero-order chi connectivity index (χ0) is 32.0. The van der Waals surface area contributed by atoms with Gasteiger partial charge in [0.25, 0.3) is 0 Å². The highest BCUT2D eigenvalue weighted by Gasteiger charge is 2.36. The molecule has 0 aliphatic heterocycles. The summed E-state index contributed by atoms with van der Waals surface area (Å²) in [4.78, 5) is 13.8. The monoisotopic (exact) mass is 601 g/mol. The van der Waals surface area contributed by atoms with Crippen molar-refractivity contribution in [3.63, 3.8) is 0 Å². The second-order valence-corrected chi connectivity index (χ2v) is 12.6. The van der Waals surface area contributed by atoms with Gasteiger partial charge >= 0.3 is 0 Å². The third-order valence-corrected chi connectivity index (χ3v) is 9.31. The molecular weight excluding hydrogens is 571 g/mol. The first-order valence-corrected chi connectivity index (χ1v) is 15.9. The maximum atomic E-state index is 7.75. The van der Waals surface area contributed by atoms with Gasteiger partial charge in [-0.05, 0) is 68.8 Å². The number of hydrogen-bond donors (Lipinski definition) is 0. The van der Waals surface area contributed by atoms with E-state index in [2.05, 4.69) is 122 Å². The molecule has 7 aromatic rings. The SMILES string of the molecule is [C-]#[N+]c1cccc2c1-c1ccc(-c3cccc(-c4cccc(-c5cc(-c6ccccc6)nc(-c6ccccc6)n5)c4)c3)cc1C2(C)C. The first-order chi connectivity index (χ1) is 23.0. The van der Waals surface area contributed by atoms with E-state index < -0.39 is 0 Å². The molecule has 0 N–H and O–H groups in total. The second kappa shape index (κ2) is 11.4. The van der Waals surface area contributed by atoms with Crippen LogP contribution in [0.3, 0.4) is 0 Å². The topological polar surface area (TPSA) is 30.1 Å². The maximum Gasteiger partial charge on any atom is 0.195 e. The summed E-state index contributed by atoms with van der Waals surface area (Å²) in [6.45, 7) is 12.3. The Morgan fingerprint density at radius 2 is 1.00 bits per heavy atom. The Labute approximate surface area is 275 Å². The molecule has 3 heteroatoms. The molecule has 222 valence electrons. The van der Waals surface area contributed by atoms with E-state index in [-0.39, 0.29) is 5.41 Å². The number of rotatable bonds is 5. The van der Waals surface area contributed by atoms with Crippen molar-refractivity contribution in [2.45, 2.75) is 19.3 Å². The number of nitrogens with zero attached hydrogens (tertiary/aromatic N) is 3. The van der Waals surface area contributed by atoms with Crippen molar-refractivity contribution < 1.29 is 0 Å². The van der Waals surface area contributed by atoms with Crippen LogP contribution in [0.2, 0.25) is 0 Å². The Morgan fingerprint density at radius 3 is 1.66 bits per heavy atom. The average Bonchev–Trinajstić information content (AvgIpc) is 3.38. The normalized spacial score (nSPS) is 12.6. The van der Waals surface area contributed by atoms with Crippen molar-refractivity contribution in [1.82, 2.24) is 9.97 Å². The van der Waals surface area contributed by atoms with E-state index in [1.165, 1.54) is 22.3 Å². The molecule has 6 aromatic carbocycles. The minimum absolute atomic E-state index is 0.179. The fraction of sp³-hybridized carbons (Fsp3) is 0.0682. The molecule has 0 amide bonds. The highest BCUT2D eigenvalue weighted by Crippen LogP contribution is 2.53. The minimum Gasteiger partial charge on any atom is -0.238 e. The molecule has 0 fully saturated rings. The van der Waals surface area contributed by atoms with E-state index in [4.69, 9.17) is 16.5 Å². The van der Waals surface area contributed by atoms with Gasteiger partial charge in [-0.25, -0.2) is 14.8 Å². The van der Waals surface area contributed by atoms with Crippen LogP contribution in [0, 0.1) is 6.57 Å². The Bertz CT molecular complexity index is 2270. The summed E-state index contributed by atoms with van der Waals surface area (Å²) in [6.07, 6.45) is 0. The molecule has 0 radical (unpaired) electrons. The van der Waals surface area contributed by atoms with Gasteiger partial charge in [0, 0.05) is 22.1 Å². The van der Waals surface area contributed by atoms with Crippen LogP contribution in [0.15, 0.2) is 152 Å². The summed E-state index contributed by atoms with van der Waals surface area (Å²) in [6, 6.07) is 52.7. The molecule has 0 saturated carbocycles. The van der Waals surface area contributed by atoms with Gasteiger partial charge in [-0.15, -0.1) is 0 Å². The molecule has 8 rings (SSSR count). The summed E-state index contributed by atoms with van der Waals surface area (Å²) >= 11 is 0. The molecule has 0 unspecified atom stereocenters. The molecule has 0 bridgehead atoms. The van der Waals surface area contributed by atoms with Crippen LogP contribution in [0.25, 0.3) is 72.1 Å². The van der Waals surface area contributed by atoms with Crippen molar-refractivity contribution in [1.29, 1.82) is 0 Å². The standard InChI is InChI=1S/C44H31N3/c1-44(2)37-21-12-22-39(45-3)42(37)36-24-23-34(27-38(36)44)32-18-10-17-31(25-32)33-19-11-20-35(26-33)41-28-40(29-13-6-4-7-14-29)46-43(47-41)30-15-8-5-9-16-30/h4-28H,1-2H3. The van der Waals surface area contributed by atoms with Crippen LogP contribution in [0.5, 0.6) is 0 Å². The summed E-state index contributed by atoms with van der Waals surface area (Å²) in [7, 11) is 0. The molecule has 0 atom stereocenters. The molecule has 1 aliphatic rings. The van der Waals surface area contributed by atoms with Crippen molar-refractivity contribution in [3.05, 3.63) is 174 Å². The maximum absolute atomic E-state index is 7.75. The van der Waals surface area contributed by atoms with E-state index >= 15 is 0 Å². The van der Waals surface area contributed by atoms with Gasteiger partial charge in [0.15, 0.2) is 11.5 Å². The Kier molecular flexibility index (Phi) is 6.85. The average molecular weight is 602 g/mol. The molecular formula is C44H31N3. The number of hydrogen-bond acceptors (Lipinski definition) is 2. The summed E-state index contributed by atoms with van der Waals surface area (Å²) in [5, 5.41) is 0. The van der Waals surface area contributed by atoms with E-state index in [0.29, 0.717) is 5.82 Å². The molecule has 1 heterocycles. The lowest BCUT2D eigenvalue weighted by atomic mass is 9.81. The molecule has 0 spiro atoms. The third-order valence-electron chi connectivity index (χ3n) is 9.31. The van der Waals surface area contributed by atoms with Gasteiger partial charge in [0.05, 0.1) is 18.0 Å². The Balaban J connectivity index is 1.18. The Morgan fingerprint density at radius 1 is 0.468 bits per heavy atom. The molecule has 0 saturated heterocycles. The van der Waals surface area contributed by atoms with E-state index in [1.54, 1.807) is 0 Å². The van der Waals surface area contributed by atoms with Crippen molar-refractivity contribution >= 4 is 5.69 Å². The quantitative estimate of drug-likeness (QED) is 0.184. The van der Waals surface area contributed by atoms with Gasteiger partial charge in [-0.2, -0.15) is 0 Å². The van der Waals surface area contributed by atoms with Crippen molar-refractivity contribution in [2.24, 2.45) is 0 Å². The Hall–Kier alpha value is -6.11. The molecule has 47 heavy (non-hydrogen) atoms. The lowest BCUT2D eigenvalue weighted by molar-refractivity contribution is 0.661. The lowest BCUT2D eigenvalue weighted by Gasteiger charge is -2.22. The first kappa shape index (κ1) is 28.4. The molecule has 3 nitrogen and oxygen atoms in total. The molecule has 1 aliphatic carbocycles. The fourth-order valence-corrected chi connectivity index (χ4v) is 6.85. The van der Waals surface area contributed by atoms with E-state index in [1.807, 2.05) is 48.5 Å². The number of benzene rings is 6. The van der Waals surface area contributed by atoms with E-state index in [0.717, 1.165) is 56.0 Å². The van der Waals surface area contributed by atoms with Gasteiger partial charge < -0.3 is 0 Å². The zero-order valence-corrected chi connectivity index (χ0v) is 26.3. The van der Waals surface area contributed by atoms with Gasteiger partial charge in [0.1, 0.15) is 0 Å². The van der Waals surface area contributed by atoms with Gasteiger partial charge in [0.2, 0.25) is 0 Å². The third kappa shape index (κ3) is 5.01. The van der Waals surface area contributed by atoms with E-state index in [9.17, 15) is 0 Å². The number of fused-ring (bicyclic) bond motifs is 3. The van der Waals surface area contributed by atoms with Crippen molar-refractivity contribution in [3.8, 4) is 67.3 Å². The van der Waals surface area contributed by atoms with Crippen LogP contribution in [-0.2, 0) is 5.41 Å². The minimum atomic E-state index is -0.179. The highest BCUT2D eigenvalue weighted by atomic mass is 14.9. The van der Waals surface area contributed by atoms with Crippen LogP contribution < -0.4 is 0 Å². The first-order valence-electron chi connectivity index (χ1n) is 15.9. The largest absolute Gasteiger partial charge is 0.238 e. The summed E-state index contributed by atoms with van der Waals surface area (Å²) in [5.41, 5.74) is 14.7. The summed E-state index contributed by atoms with van der Waals surface area (Å²) in [5.74, 6) is 0.708. The van der Waals surface area contributed by atoms with Crippen molar-refractivity contribution in [2.75, 3.05) is 0 Å². The fourth-order valence-electron chi connectivity index (χ4n) is 6.85. The van der Waals surface area contributed by atoms with Crippen LogP contribution in [-0.4, -0.2) is 9.97 Å². The lowest BCUT2D eigenvalue weighted by Crippen LogP contribution is -2.14. The van der Waals surface area contributed by atoms with Crippen LogP contribution in [0.1, 0.15) is 25.0 Å². The second-order valence-electron chi connectivity index (χ2n) is 12.6. The van der Waals surface area contributed by atoms with Crippen LogP contribution in [0.4, 0.5) is 5.69 Å². The predicted molar refractivity (Wildman–Crippen MR) is 193 cm³/mol. The van der Waals surface area contributed by atoms with Gasteiger partial charge in [-0.1, -0.05) is 141 Å². The molecule has 1 aromatic heterocycles. The smallest absolute Gasteiger partial charge is 0.195 e. The van der Waals surface area contributed by atoms with Gasteiger partial charge in [-0.3, -0.25) is 0 Å². The summed E-state index contributed by atoms with van der Waals surface area (Å²) < 4.78 is 0. The predicted octanol–water partition coefficient (Wildman–Crippen LogP) is 11.7.